The van der Waals surface area contributed by atoms with Gasteiger partial charge in [-0.3, -0.25) is 4.79 Å². The van der Waals surface area contributed by atoms with Crippen LogP contribution in [0.1, 0.15) is 53.4 Å². The minimum absolute atomic E-state index is 0.0919. The first kappa shape index (κ1) is 19.2. The fraction of sp³-hybridized carbons (Fsp3) is 0.929. The molecule has 6 heteroatoms. The van der Waals surface area contributed by atoms with Crippen LogP contribution in [0.4, 0.5) is 13.2 Å². The molecule has 0 spiro atoms. The highest BCUT2D eigenvalue weighted by Gasteiger charge is 2.43. The molecule has 120 valence electrons. The number of carbonyl (C=O) groups excluding carboxylic acids is 1. The van der Waals surface area contributed by atoms with Gasteiger partial charge in [0.1, 0.15) is 6.54 Å². The molecule has 0 aliphatic rings. The van der Waals surface area contributed by atoms with E-state index < -0.39 is 30.1 Å². The molecular formula is C14H27F3N2O. The van der Waals surface area contributed by atoms with Gasteiger partial charge in [0.25, 0.3) is 0 Å². The first-order valence-corrected chi connectivity index (χ1v) is 7.21. The van der Waals surface area contributed by atoms with Crippen LogP contribution in [0, 0.1) is 5.41 Å². The Labute approximate surface area is 119 Å². The van der Waals surface area contributed by atoms with Gasteiger partial charge < -0.3 is 10.6 Å². The van der Waals surface area contributed by atoms with Gasteiger partial charge in [-0.05, 0) is 26.7 Å². The molecule has 3 nitrogen and oxygen atoms in total. The van der Waals surface area contributed by atoms with Crippen LogP contribution in [-0.2, 0) is 4.79 Å². The lowest BCUT2D eigenvalue weighted by molar-refractivity contribution is -0.171. The summed E-state index contributed by atoms with van der Waals surface area (Å²) < 4.78 is 38.0. The third-order valence-corrected chi connectivity index (χ3v) is 3.54. The third-order valence-electron chi connectivity index (χ3n) is 3.54. The molecule has 0 unspecified atom stereocenters. The van der Waals surface area contributed by atoms with Crippen molar-refractivity contribution in [2.45, 2.75) is 65.6 Å². The van der Waals surface area contributed by atoms with Gasteiger partial charge in [-0.25, -0.2) is 0 Å². The van der Waals surface area contributed by atoms with Crippen LogP contribution in [0.15, 0.2) is 0 Å². The second-order valence-corrected chi connectivity index (χ2v) is 5.63. The summed E-state index contributed by atoms with van der Waals surface area (Å²) in [6, 6.07) is -0.497. The van der Waals surface area contributed by atoms with E-state index in [-0.39, 0.29) is 6.54 Å². The molecule has 0 rings (SSSR count). The number of amides is 1. The smallest absolute Gasteiger partial charge is 0.331 e. The largest absolute Gasteiger partial charge is 0.406 e. The van der Waals surface area contributed by atoms with Gasteiger partial charge in [-0.15, -0.1) is 0 Å². The highest BCUT2D eigenvalue weighted by molar-refractivity contribution is 5.83. The fourth-order valence-corrected chi connectivity index (χ4v) is 2.57. The highest BCUT2D eigenvalue weighted by atomic mass is 19.4. The van der Waals surface area contributed by atoms with E-state index in [1.807, 2.05) is 13.8 Å². The van der Waals surface area contributed by atoms with Crippen molar-refractivity contribution in [3.05, 3.63) is 0 Å². The van der Waals surface area contributed by atoms with E-state index in [9.17, 15) is 18.0 Å². The van der Waals surface area contributed by atoms with Crippen LogP contribution in [0.3, 0.4) is 0 Å². The van der Waals surface area contributed by atoms with Crippen molar-refractivity contribution in [1.82, 2.24) is 4.90 Å². The van der Waals surface area contributed by atoms with Gasteiger partial charge in [0.15, 0.2) is 0 Å². The van der Waals surface area contributed by atoms with Crippen LogP contribution in [0.5, 0.6) is 0 Å². The van der Waals surface area contributed by atoms with Gasteiger partial charge in [0.2, 0.25) is 5.91 Å². The summed E-state index contributed by atoms with van der Waals surface area (Å²) >= 11 is 0. The lowest BCUT2D eigenvalue weighted by atomic mass is 9.77. The van der Waals surface area contributed by atoms with Crippen LogP contribution >= 0.6 is 0 Å². The summed E-state index contributed by atoms with van der Waals surface area (Å²) in [5.41, 5.74) is 4.89. The van der Waals surface area contributed by atoms with Crippen LogP contribution in [-0.4, -0.2) is 36.1 Å². The van der Waals surface area contributed by atoms with Crippen LogP contribution < -0.4 is 5.73 Å². The molecule has 0 aliphatic carbocycles. The maximum absolute atomic E-state index is 12.7. The molecule has 0 aliphatic heterocycles. The predicted octanol–water partition coefficient (Wildman–Crippen LogP) is 3.33. The summed E-state index contributed by atoms with van der Waals surface area (Å²) in [5, 5.41) is 0. The van der Waals surface area contributed by atoms with Crippen molar-refractivity contribution in [3.63, 3.8) is 0 Å². The predicted molar refractivity (Wildman–Crippen MR) is 74.2 cm³/mol. The van der Waals surface area contributed by atoms with E-state index in [4.69, 9.17) is 5.73 Å². The zero-order chi connectivity index (χ0) is 16.0. The standard InChI is InChI=1S/C14H27F3N2O/c1-5-7-13(9-18,8-6-2)12(20)19(11(3)4)10-14(15,16)17/h11H,5-10,18H2,1-4H3. The van der Waals surface area contributed by atoms with E-state index in [0.29, 0.717) is 12.8 Å². The first-order valence-electron chi connectivity index (χ1n) is 7.21. The molecule has 20 heavy (non-hydrogen) atoms. The number of nitrogens with two attached hydrogens (primary N) is 1. The van der Waals surface area contributed by atoms with E-state index in [0.717, 1.165) is 17.7 Å². The maximum atomic E-state index is 12.7. The van der Waals surface area contributed by atoms with E-state index in [1.165, 1.54) is 0 Å². The zero-order valence-corrected chi connectivity index (χ0v) is 12.9. The Morgan fingerprint density at radius 2 is 1.60 bits per heavy atom. The van der Waals surface area contributed by atoms with Crippen molar-refractivity contribution < 1.29 is 18.0 Å². The van der Waals surface area contributed by atoms with Gasteiger partial charge in [-0.2, -0.15) is 13.2 Å². The molecule has 0 aromatic heterocycles. The van der Waals surface area contributed by atoms with Crippen molar-refractivity contribution >= 4 is 5.91 Å². The number of hydrogen-bond acceptors (Lipinski definition) is 2. The zero-order valence-electron chi connectivity index (χ0n) is 12.9. The SMILES string of the molecule is CCCC(CN)(CCC)C(=O)N(CC(F)(F)F)C(C)C. The molecule has 2 N–H and O–H groups in total. The summed E-state index contributed by atoms with van der Waals surface area (Å²) in [7, 11) is 0. The van der Waals surface area contributed by atoms with Gasteiger partial charge >= 0.3 is 6.18 Å². The molecule has 0 bridgehead atoms. The highest BCUT2D eigenvalue weighted by Crippen LogP contribution is 2.33. The van der Waals surface area contributed by atoms with Crippen molar-refractivity contribution in [2.24, 2.45) is 11.1 Å². The maximum Gasteiger partial charge on any atom is 0.406 e. The molecule has 0 saturated heterocycles. The van der Waals surface area contributed by atoms with Crippen LogP contribution in [0.2, 0.25) is 0 Å². The normalized spacial score (nSPS) is 12.8. The van der Waals surface area contributed by atoms with E-state index >= 15 is 0 Å². The minimum atomic E-state index is -4.39. The molecule has 0 aromatic carbocycles. The second-order valence-electron chi connectivity index (χ2n) is 5.63. The van der Waals surface area contributed by atoms with Crippen molar-refractivity contribution in [1.29, 1.82) is 0 Å². The Bertz CT molecular complexity index is 297. The number of alkyl halides is 3. The van der Waals surface area contributed by atoms with Crippen LogP contribution in [0.25, 0.3) is 0 Å². The van der Waals surface area contributed by atoms with Crippen molar-refractivity contribution in [2.75, 3.05) is 13.1 Å². The number of halogens is 3. The molecule has 0 saturated carbocycles. The summed E-state index contributed by atoms with van der Waals surface area (Å²) in [5.74, 6) is -0.462. The average molecular weight is 296 g/mol. The topological polar surface area (TPSA) is 46.3 Å². The lowest BCUT2D eigenvalue weighted by Crippen LogP contribution is -2.53. The fourth-order valence-electron chi connectivity index (χ4n) is 2.57. The molecule has 1 amide bonds. The quantitative estimate of drug-likeness (QED) is 0.747. The second kappa shape index (κ2) is 7.86. The number of rotatable bonds is 8. The Balaban J connectivity index is 5.35. The Hall–Kier alpha value is -0.780. The molecule has 0 aromatic rings. The molecule has 0 radical (unpaired) electrons. The van der Waals surface area contributed by atoms with Crippen molar-refractivity contribution in [3.8, 4) is 0 Å². The van der Waals surface area contributed by atoms with Gasteiger partial charge in [-0.1, -0.05) is 26.7 Å². The first-order chi connectivity index (χ1) is 9.13. The Morgan fingerprint density at radius 1 is 1.15 bits per heavy atom. The number of nitrogens with zero attached hydrogens (tertiary/aromatic N) is 1. The molecule has 0 fully saturated rings. The number of carbonyl (C=O) groups is 1. The Kier molecular flexibility index (Phi) is 7.55. The minimum Gasteiger partial charge on any atom is -0.331 e. The molecule has 0 heterocycles. The molecular weight excluding hydrogens is 269 g/mol. The van der Waals surface area contributed by atoms with E-state index in [2.05, 4.69) is 0 Å². The van der Waals surface area contributed by atoms with Gasteiger partial charge in [0, 0.05) is 12.6 Å². The average Bonchev–Trinajstić information content (AvgIpc) is 2.33. The monoisotopic (exact) mass is 296 g/mol. The summed E-state index contributed by atoms with van der Waals surface area (Å²) in [6.07, 6.45) is -1.89. The molecule has 0 atom stereocenters. The van der Waals surface area contributed by atoms with Gasteiger partial charge in [0.05, 0.1) is 5.41 Å². The number of hydrogen-bond donors (Lipinski definition) is 1. The lowest BCUT2D eigenvalue weighted by Gasteiger charge is -2.38. The summed E-state index contributed by atoms with van der Waals surface area (Å²) in [6.45, 7) is 5.91. The summed E-state index contributed by atoms with van der Waals surface area (Å²) in [4.78, 5) is 13.6. The van der Waals surface area contributed by atoms with E-state index in [1.54, 1.807) is 13.8 Å². The third kappa shape index (κ3) is 5.31. The Morgan fingerprint density at radius 3 is 1.85 bits per heavy atom.